The second-order valence-electron chi connectivity index (χ2n) is 5.45. The SMILES string of the molecule is CC1CC(C)CC(Nc2ccc(C#N)cc2)C1. The molecule has 1 fully saturated rings. The monoisotopic (exact) mass is 228 g/mol. The van der Waals surface area contributed by atoms with Gasteiger partial charge in [-0.25, -0.2) is 0 Å². The van der Waals surface area contributed by atoms with Crippen LogP contribution in [0.5, 0.6) is 0 Å². The van der Waals surface area contributed by atoms with Crippen molar-refractivity contribution in [1.29, 1.82) is 5.26 Å². The maximum absolute atomic E-state index is 8.75. The topological polar surface area (TPSA) is 35.8 Å². The molecule has 2 nitrogen and oxygen atoms in total. The highest BCUT2D eigenvalue weighted by Gasteiger charge is 2.23. The molecule has 2 unspecified atom stereocenters. The molecule has 1 N–H and O–H groups in total. The summed E-state index contributed by atoms with van der Waals surface area (Å²) in [7, 11) is 0. The van der Waals surface area contributed by atoms with Gasteiger partial charge in [-0.2, -0.15) is 5.26 Å². The van der Waals surface area contributed by atoms with Crippen LogP contribution in [-0.2, 0) is 0 Å². The van der Waals surface area contributed by atoms with Gasteiger partial charge in [0.25, 0.3) is 0 Å². The number of benzene rings is 1. The second kappa shape index (κ2) is 5.23. The quantitative estimate of drug-likeness (QED) is 0.835. The minimum atomic E-state index is 0.585. The van der Waals surface area contributed by atoms with Gasteiger partial charge in [0.05, 0.1) is 11.6 Å². The van der Waals surface area contributed by atoms with Crippen molar-refractivity contribution in [3.05, 3.63) is 29.8 Å². The summed E-state index contributed by atoms with van der Waals surface area (Å²) >= 11 is 0. The van der Waals surface area contributed by atoms with Gasteiger partial charge in [-0.15, -0.1) is 0 Å². The minimum absolute atomic E-state index is 0.585. The molecule has 2 rings (SSSR count). The molecule has 17 heavy (non-hydrogen) atoms. The number of hydrogen-bond donors (Lipinski definition) is 1. The van der Waals surface area contributed by atoms with E-state index < -0.39 is 0 Å². The van der Waals surface area contributed by atoms with Crippen LogP contribution in [-0.4, -0.2) is 6.04 Å². The summed E-state index contributed by atoms with van der Waals surface area (Å²) in [6.07, 6.45) is 3.86. The molecule has 1 aromatic carbocycles. The van der Waals surface area contributed by atoms with Gasteiger partial charge in [0.15, 0.2) is 0 Å². The highest BCUT2D eigenvalue weighted by Crippen LogP contribution is 2.30. The van der Waals surface area contributed by atoms with Crippen molar-refractivity contribution < 1.29 is 0 Å². The van der Waals surface area contributed by atoms with E-state index in [2.05, 4.69) is 25.2 Å². The maximum atomic E-state index is 8.75. The van der Waals surface area contributed by atoms with Crippen LogP contribution in [0.1, 0.15) is 38.7 Å². The molecular weight excluding hydrogens is 208 g/mol. The summed E-state index contributed by atoms with van der Waals surface area (Å²) in [5, 5.41) is 12.3. The average molecular weight is 228 g/mol. The van der Waals surface area contributed by atoms with Crippen LogP contribution in [0.3, 0.4) is 0 Å². The largest absolute Gasteiger partial charge is 0.382 e. The van der Waals surface area contributed by atoms with Crippen molar-refractivity contribution in [3.63, 3.8) is 0 Å². The summed E-state index contributed by atoms with van der Waals surface area (Å²) in [5.74, 6) is 1.63. The molecule has 1 aliphatic rings. The van der Waals surface area contributed by atoms with E-state index in [0.717, 1.165) is 23.1 Å². The Morgan fingerprint density at radius 3 is 2.18 bits per heavy atom. The third-order valence-electron chi connectivity index (χ3n) is 3.56. The van der Waals surface area contributed by atoms with E-state index in [1.807, 2.05) is 24.3 Å². The third kappa shape index (κ3) is 3.23. The van der Waals surface area contributed by atoms with Crippen LogP contribution in [0.25, 0.3) is 0 Å². The molecule has 0 saturated heterocycles. The summed E-state index contributed by atoms with van der Waals surface area (Å²) in [5.41, 5.74) is 1.86. The molecular formula is C15H20N2. The molecule has 0 aliphatic heterocycles. The number of nitrogens with one attached hydrogen (secondary N) is 1. The zero-order valence-corrected chi connectivity index (χ0v) is 10.6. The Bertz CT molecular complexity index is 392. The third-order valence-corrected chi connectivity index (χ3v) is 3.56. The Kier molecular flexibility index (Phi) is 3.68. The molecule has 0 radical (unpaired) electrons. The summed E-state index contributed by atoms with van der Waals surface area (Å²) in [4.78, 5) is 0. The Balaban J connectivity index is 1.98. The van der Waals surface area contributed by atoms with Gasteiger partial charge in [-0.05, 0) is 55.4 Å². The summed E-state index contributed by atoms with van der Waals surface area (Å²) in [6.45, 7) is 4.67. The molecule has 0 bridgehead atoms. The lowest BCUT2D eigenvalue weighted by atomic mass is 9.80. The Hall–Kier alpha value is -1.49. The van der Waals surface area contributed by atoms with Gasteiger partial charge in [0.1, 0.15) is 0 Å². The lowest BCUT2D eigenvalue weighted by Gasteiger charge is -2.32. The highest BCUT2D eigenvalue weighted by molar-refractivity contribution is 5.47. The van der Waals surface area contributed by atoms with E-state index in [4.69, 9.17) is 5.26 Å². The Labute approximate surface area is 104 Å². The summed E-state index contributed by atoms with van der Waals surface area (Å²) in [6, 6.07) is 10.5. The van der Waals surface area contributed by atoms with Gasteiger partial charge >= 0.3 is 0 Å². The van der Waals surface area contributed by atoms with E-state index >= 15 is 0 Å². The molecule has 1 saturated carbocycles. The van der Waals surface area contributed by atoms with Crippen LogP contribution in [0, 0.1) is 23.2 Å². The zero-order chi connectivity index (χ0) is 12.3. The fourth-order valence-corrected chi connectivity index (χ4v) is 2.94. The lowest BCUT2D eigenvalue weighted by molar-refractivity contribution is 0.281. The first kappa shape index (κ1) is 12.0. The van der Waals surface area contributed by atoms with Gasteiger partial charge in [0, 0.05) is 11.7 Å². The van der Waals surface area contributed by atoms with Crippen LogP contribution in [0.4, 0.5) is 5.69 Å². The fourth-order valence-electron chi connectivity index (χ4n) is 2.94. The van der Waals surface area contributed by atoms with Crippen molar-refractivity contribution in [2.24, 2.45) is 11.8 Å². The summed E-state index contributed by atoms with van der Waals surface area (Å²) < 4.78 is 0. The maximum Gasteiger partial charge on any atom is 0.0991 e. The molecule has 0 spiro atoms. The number of nitrogens with zero attached hydrogens (tertiary/aromatic N) is 1. The minimum Gasteiger partial charge on any atom is -0.382 e. The molecule has 2 heteroatoms. The van der Waals surface area contributed by atoms with E-state index in [0.29, 0.717) is 6.04 Å². The standard InChI is InChI=1S/C15H20N2/c1-11-7-12(2)9-15(8-11)17-14-5-3-13(10-16)4-6-14/h3-6,11-12,15,17H,7-9H2,1-2H3. The van der Waals surface area contributed by atoms with Crippen molar-refractivity contribution in [2.45, 2.75) is 39.2 Å². The second-order valence-corrected chi connectivity index (χ2v) is 5.45. The van der Waals surface area contributed by atoms with E-state index in [1.165, 1.54) is 19.3 Å². The molecule has 1 aromatic rings. The Morgan fingerprint density at radius 1 is 1.06 bits per heavy atom. The number of nitriles is 1. The molecule has 0 amide bonds. The van der Waals surface area contributed by atoms with Crippen LogP contribution in [0.15, 0.2) is 24.3 Å². The van der Waals surface area contributed by atoms with E-state index in [1.54, 1.807) is 0 Å². The predicted octanol–water partition coefficient (Wildman–Crippen LogP) is 3.79. The predicted molar refractivity (Wildman–Crippen MR) is 70.7 cm³/mol. The molecule has 2 atom stereocenters. The fraction of sp³-hybridized carbons (Fsp3) is 0.533. The highest BCUT2D eigenvalue weighted by atomic mass is 14.9. The van der Waals surface area contributed by atoms with Crippen LogP contribution < -0.4 is 5.32 Å². The van der Waals surface area contributed by atoms with Crippen molar-refractivity contribution in [2.75, 3.05) is 5.32 Å². The first-order valence-electron chi connectivity index (χ1n) is 6.44. The molecule has 1 aliphatic carbocycles. The number of rotatable bonds is 2. The van der Waals surface area contributed by atoms with Gasteiger partial charge in [-0.3, -0.25) is 0 Å². The van der Waals surface area contributed by atoms with Gasteiger partial charge < -0.3 is 5.32 Å². The number of hydrogen-bond acceptors (Lipinski definition) is 2. The lowest BCUT2D eigenvalue weighted by Crippen LogP contribution is -2.30. The average Bonchev–Trinajstić information content (AvgIpc) is 2.28. The van der Waals surface area contributed by atoms with E-state index in [-0.39, 0.29) is 0 Å². The van der Waals surface area contributed by atoms with Crippen molar-refractivity contribution in [1.82, 2.24) is 0 Å². The molecule has 0 aromatic heterocycles. The van der Waals surface area contributed by atoms with Crippen molar-refractivity contribution >= 4 is 5.69 Å². The van der Waals surface area contributed by atoms with Gasteiger partial charge in [-0.1, -0.05) is 13.8 Å². The van der Waals surface area contributed by atoms with Gasteiger partial charge in [0.2, 0.25) is 0 Å². The van der Waals surface area contributed by atoms with Crippen LogP contribution >= 0.6 is 0 Å². The Morgan fingerprint density at radius 2 is 1.65 bits per heavy atom. The van der Waals surface area contributed by atoms with Crippen LogP contribution in [0.2, 0.25) is 0 Å². The van der Waals surface area contributed by atoms with E-state index in [9.17, 15) is 0 Å². The van der Waals surface area contributed by atoms with Crippen molar-refractivity contribution in [3.8, 4) is 6.07 Å². The first-order chi connectivity index (χ1) is 8.17. The zero-order valence-electron chi connectivity index (χ0n) is 10.6. The number of anilines is 1. The molecule has 0 heterocycles. The molecule has 90 valence electrons. The smallest absolute Gasteiger partial charge is 0.0991 e. The first-order valence-corrected chi connectivity index (χ1v) is 6.44. The normalized spacial score (nSPS) is 28.4.